The molecule has 1 heterocycles. The molecule has 19 heavy (non-hydrogen) atoms. The molecule has 1 aromatic carbocycles. The fraction of sp³-hybridized carbons (Fsp3) is 0.417. The van der Waals surface area contributed by atoms with E-state index in [1.54, 1.807) is 0 Å². The minimum atomic E-state index is -2.98. The Balaban J connectivity index is 1.99. The zero-order valence-corrected chi connectivity index (χ0v) is 11.6. The maximum absolute atomic E-state index is 13.5. The van der Waals surface area contributed by atoms with Gasteiger partial charge in [0.15, 0.2) is 9.84 Å². The van der Waals surface area contributed by atoms with E-state index in [0.717, 1.165) is 6.07 Å². The standard InChI is InChI=1S/C12H13ClFNO3S/c13-9-2-1-3-10(14)11(9)12(16)15-6-8-4-5-19(17,18)7-8/h1-3,8H,4-7H2,(H,15,16)/t8-/m0/s1. The van der Waals surface area contributed by atoms with E-state index in [1.165, 1.54) is 12.1 Å². The molecule has 1 saturated heterocycles. The Morgan fingerprint density at radius 3 is 2.79 bits per heavy atom. The summed E-state index contributed by atoms with van der Waals surface area (Å²) >= 11 is 5.77. The molecule has 104 valence electrons. The zero-order valence-electron chi connectivity index (χ0n) is 10.0. The highest BCUT2D eigenvalue weighted by Crippen LogP contribution is 2.20. The molecular formula is C12H13ClFNO3S. The van der Waals surface area contributed by atoms with Gasteiger partial charge in [-0.25, -0.2) is 12.8 Å². The molecule has 4 nitrogen and oxygen atoms in total. The monoisotopic (exact) mass is 305 g/mol. The van der Waals surface area contributed by atoms with Crippen LogP contribution in [0.2, 0.25) is 5.02 Å². The van der Waals surface area contributed by atoms with Crippen LogP contribution >= 0.6 is 11.6 Å². The van der Waals surface area contributed by atoms with E-state index >= 15 is 0 Å². The Morgan fingerprint density at radius 2 is 2.21 bits per heavy atom. The summed E-state index contributed by atoms with van der Waals surface area (Å²) in [6.45, 7) is 0.211. The van der Waals surface area contributed by atoms with Gasteiger partial charge in [-0.15, -0.1) is 0 Å². The number of sulfone groups is 1. The van der Waals surface area contributed by atoms with Gasteiger partial charge in [-0.05, 0) is 24.5 Å². The van der Waals surface area contributed by atoms with Crippen LogP contribution in [-0.4, -0.2) is 32.4 Å². The van der Waals surface area contributed by atoms with Crippen molar-refractivity contribution in [1.29, 1.82) is 0 Å². The highest BCUT2D eigenvalue weighted by atomic mass is 35.5. The van der Waals surface area contributed by atoms with E-state index in [4.69, 9.17) is 11.6 Å². The van der Waals surface area contributed by atoms with E-state index in [0.29, 0.717) is 6.42 Å². The second-order valence-corrected chi connectivity index (χ2v) is 7.21. The summed E-state index contributed by atoms with van der Waals surface area (Å²) in [6, 6.07) is 4.00. The smallest absolute Gasteiger partial charge is 0.255 e. The number of carbonyl (C=O) groups excluding carboxylic acids is 1. The van der Waals surface area contributed by atoms with Crippen molar-refractivity contribution in [1.82, 2.24) is 5.32 Å². The normalized spacial score (nSPS) is 21.3. The summed E-state index contributed by atoms with van der Waals surface area (Å²) in [4.78, 5) is 11.8. The predicted octanol–water partition coefficient (Wildman–Crippen LogP) is 1.64. The first-order chi connectivity index (χ1) is 8.89. The Bertz CT molecular complexity index is 583. The van der Waals surface area contributed by atoms with Gasteiger partial charge in [-0.3, -0.25) is 4.79 Å². The number of benzene rings is 1. The topological polar surface area (TPSA) is 63.2 Å². The van der Waals surface area contributed by atoms with Crippen LogP contribution in [0.5, 0.6) is 0 Å². The van der Waals surface area contributed by atoms with Crippen LogP contribution < -0.4 is 5.32 Å². The highest BCUT2D eigenvalue weighted by Gasteiger charge is 2.28. The quantitative estimate of drug-likeness (QED) is 0.923. The number of hydrogen-bond donors (Lipinski definition) is 1. The predicted molar refractivity (Wildman–Crippen MR) is 70.5 cm³/mol. The van der Waals surface area contributed by atoms with Crippen molar-refractivity contribution in [2.24, 2.45) is 5.92 Å². The van der Waals surface area contributed by atoms with Gasteiger partial charge < -0.3 is 5.32 Å². The third kappa shape index (κ3) is 3.45. The third-order valence-electron chi connectivity index (χ3n) is 3.07. The van der Waals surface area contributed by atoms with Crippen molar-refractivity contribution < 1.29 is 17.6 Å². The molecule has 0 aromatic heterocycles. The third-order valence-corrected chi connectivity index (χ3v) is 5.22. The molecule has 7 heteroatoms. The van der Waals surface area contributed by atoms with Crippen LogP contribution in [0, 0.1) is 11.7 Å². The molecule has 1 fully saturated rings. The van der Waals surface area contributed by atoms with E-state index in [2.05, 4.69) is 5.32 Å². The zero-order chi connectivity index (χ0) is 14.0. The van der Waals surface area contributed by atoms with Gasteiger partial charge in [0.05, 0.1) is 22.1 Å². The lowest BCUT2D eigenvalue weighted by atomic mass is 10.1. The van der Waals surface area contributed by atoms with Crippen LogP contribution in [-0.2, 0) is 9.84 Å². The Morgan fingerprint density at radius 1 is 1.47 bits per heavy atom. The first-order valence-corrected chi connectivity index (χ1v) is 8.01. The number of hydrogen-bond acceptors (Lipinski definition) is 3. The molecule has 0 unspecified atom stereocenters. The fourth-order valence-corrected chi connectivity index (χ4v) is 4.18. The first kappa shape index (κ1) is 14.3. The summed E-state index contributed by atoms with van der Waals surface area (Å²) in [7, 11) is -2.98. The number of halogens is 2. The lowest BCUT2D eigenvalue weighted by Crippen LogP contribution is -2.30. The molecule has 0 radical (unpaired) electrons. The van der Waals surface area contributed by atoms with Crippen molar-refractivity contribution in [3.05, 3.63) is 34.6 Å². The van der Waals surface area contributed by atoms with Crippen LogP contribution in [0.4, 0.5) is 4.39 Å². The Labute approximate surface area is 115 Å². The van der Waals surface area contributed by atoms with Crippen molar-refractivity contribution in [3.8, 4) is 0 Å². The van der Waals surface area contributed by atoms with Gasteiger partial charge in [0.25, 0.3) is 5.91 Å². The van der Waals surface area contributed by atoms with Crippen LogP contribution in [0.25, 0.3) is 0 Å². The molecule has 2 rings (SSSR count). The molecule has 1 amide bonds. The largest absolute Gasteiger partial charge is 0.352 e. The molecule has 1 aliphatic heterocycles. The van der Waals surface area contributed by atoms with Gasteiger partial charge in [0.2, 0.25) is 0 Å². The second kappa shape index (κ2) is 5.46. The molecule has 0 aliphatic carbocycles. The SMILES string of the molecule is O=C(NC[C@@H]1CCS(=O)(=O)C1)c1c(F)cccc1Cl. The van der Waals surface area contributed by atoms with Crippen LogP contribution in [0.15, 0.2) is 18.2 Å². The summed E-state index contributed by atoms with van der Waals surface area (Å²) in [5.41, 5.74) is -0.204. The van der Waals surface area contributed by atoms with E-state index in [-0.39, 0.29) is 34.6 Å². The lowest BCUT2D eigenvalue weighted by Gasteiger charge is -2.11. The maximum Gasteiger partial charge on any atom is 0.255 e. The molecule has 1 atom stereocenters. The average molecular weight is 306 g/mol. The van der Waals surface area contributed by atoms with Crippen molar-refractivity contribution in [2.75, 3.05) is 18.1 Å². The van der Waals surface area contributed by atoms with Gasteiger partial charge in [0, 0.05) is 6.54 Å². The molecular weight excluding hydrogens is 293 g/mol. The summed E-state index contributed by atoms with van der Waals surface area (Å²) in [5.74, 6) is -1.21. The van der Waals surface area contributed by atoms with Crippen molar-refractivity contribution >= 4 is 27.3 Å². The minimum Gasteiger partial charge on any atom is -0.352 e. The second-order valence-electron chi connectivity index (χ2n) is 4.58. The van der Waals surface area contributed by atoms with E-state index in [9.17, 15) is 17.6 Å². The van der Waals surface area contributed by atoms with Gasteiger partial charge >= 0.3 is 0 Å². The summed E-state index contributed by atoms with van der Waals surface area (Å²) in [6.07, 6.45) is 0.521. The number of carbonyl (C=O) groups is 1. The fourth-order valence-electron chi connectivity index (χ4n) is 2.07. The van der Waals surface area contributed by atoms with Crippen molar-refractivity contribution in [3.63, 3.8) is 0 Å². The number of amides is 1. The van der Waals surface area contributed by atoms with Gasteiger partial charge in [0.1, 0.15) is 5.82 Å². The van der Waals surface area contributed by atoms with Crippen molar-refractivity contribution in [2.45, 2.75) is 6.42 Å². The summed E-state index contributed by atoms with van der Waals surface area (Å²) < 4.78 is 36.0. The Kier molecular flexibility index (Phi) is 4.10. The van der Waals surface area contributed by atoms with E-state index in [1.807, 2.05) is 0 Å². The van der Waals surface area contributed by atoms with Gasteiger partial charge in [-0.1, -0.05) is 17.7 Å². The maximum atomic E-state index is 13.5. The van der Waals surface area contributed by atoms with E-state index < -0.39 is 21.6 Å². The minimum absolute atomic E-state index is 0.0385. The average Bonchev–Trinajstić information content (AvgIpc) is 2.66. The number of nitrogens with one attached hydrogen (secondary N) is 1. The molecule has 0 saturated carbocycles. The Hall–Kier alpha value is -1.14. The molecule has 1 N–H and O–H groups in total. The van der Waals surface area contributed by atoms with Gasteiger partial charge in [-0.2, -0.15) is 0 Å². The first-order valence-electron chi connectivity index (χ1n) is 5.82. The van der Waals surface area contributed by atoms with Crippen LogP contribution in [0.1, 0.15) is 16.8 Å². The highest BCUT2D eigenvalue weighted by molar-refractivity contribution is 7.91. The lowest BCUT2D eigenvalue weighted by molar-refractivity contribution is 0.0944. The molecule has 1 aromatic rings. The van der Waals surface area contributed by atoms with Crippen LogP contribution in [0.3, 0.4) is 0 Å². The summed E-state index contributed by atoms with van der Waals surface area (Å²) in [5, 5.41) is 2.57. The molecule has 1 aliphatic rings. The molecule has 0 spiro atoms. The molecule has 0 bridgehead atoms. The number of rotatable bonds is 3.